The zero-order chi connectivity index (χ0) is 18.6. The summed E-state index contributed by atoms with van der Waals surface area (Å²) in [7, 11) is -3.33. The Balaban J connectivity index is 1.60. The minimum absolute atomic E-state index is 0.103. The van der Waals surface area contributed by atoms with Gasteiger partial charge in [0.05, 0.1) is 21.0 Å². The Labute approximate surface area is 153 Å². The van der Waals surface area contributed by atoms with E-state index in [1.165, 1.54) is 12.1 Å². The van der Waals surface area contributed by atoms with E-state index in [0.29, 0.717) is 21.8 Å². The summed E-state index contributed by atoms with van der Waals surface area (Å²) in [5.74, 6) is -3.35. The number of sulfone groups is 1. The molecule has 1 amide bonds. The fourth-order valence-corrected chi connectivity index (χ4v) is 5.51. The lowest BCUT2D eigenvalue weighted by atomic mass is 9.82. The van der Waals surface area contributed by atoms with Crippen LogP contribution in [0.25, 0.3) is 10.2 Å². The van der Waals surface area contributed by atoms with E-state index in [1.807, 2.05) is 12.2 Å². The number of hydrogen-bond donors (Lipinski definition) is 1. The standard InChI is InChI=1S/C17H16N2O5S2/c1-26(23,24)10-4-5-11-12(7-10)25-17(18-11)19-15(20)13-8-2-3-9(6-8)14(13)16(21)22/h2-5,7-9,13-14H,6H2,1H3,(H,21,22)(H,18,19,20)/p-1/t8-,9-,13+,14-/m0/s1. The number of benzene rings is 1. The van der Waals surface area contributed by atoms with Crippen LogP contribution in [0.3, 0.4) is 0 Å². The van der Waals surface area contributed by atoms with Crippen LogP contribution in [0.5, 0.6) is 0 Å². The molecule has 4 atom stereocenters. The van der Waals surface area contributed by atoms with Crippen molar-refractivity contribution < 1.29 is 23.1 Å². The molecule has 1 N–H and O–H groups in total. The molecule has 2 aliphatic rings. The van der Waals surface area contributed by atoms with Crippen LogP contribution in [0.4, 0.5) is 5.13 Å². The lowest BCUT2D eigenvalue weighted by Gasteiger charge is -2.27. The molecule has 1 fully saturated rings. The number of nitrogens with zero attached hydrogens (tertiary/aromatic N) is 1. The van der Waals surface area contributed by atoms with Crippen molar-refractivity contribution in [2.75, 3.05) is 11.6 Å². The van der Waals surface area contributed by atoms with E-state index in [4.69, 9.17) is 0 Å². The van der Waals surface area contributed by atoms with Crippen molar-refractivity contribution in [3.05, 3.63) is 30.4 Å². The summed E-state index contributed by atoms with van der Waals surface area (Å²) in [5, 5.41) is 14.5. The summed E-state index contributed by atoms with van der Waals surface area (Å²) in [6.45, 7) is 0. The van der Waals surface area contributed by atoms with Crippen molar-refractivity contribution in [1.29, 1.82) is 0 Å². The van der Waals surface area contributed by atoms with Gasteiger partial charge in [-0.3, -0.25) is 4.79 Å². The van der Waals surface area contributed by atoms with Gasteiger partial charge in [-0.2, -0.15) is 0 Å². The van der Waals surface area contributed by atoms with Crippen LogP contribution in [0, 0.1) is 23.7 Å². The first-order valence-corrected chi connectivity index (χ1v) is 10.8. The van der Waals surface area contributed by atoms with Crippen molar-refractivity contribution in [3.8, 4) is 0 Å². The molecular formula is C17H15N2O5S2-. The van der Waals surface area contributed by atoms with Gasteiger partial charge in [-0.05, 0) is 36.5 Å². The number of aliphatic carboxylic acids is 1. The molecule has 136 valence electrons. The molecule has 0 aliphatic heterocycles. The van der Waals surface area contributed by atoms with Crippen molar-refractivity contribution in [1.82, 2.24) is 4.98 Å². The monoisotopic (exact) mass is 391 g/mol. The predicted molar refractivity (Wildman–Crippen MR) is 94.1 cm³/mol. The number of hydrogen-bond acceptors (Lipinski definition) is 7. The maximum atomic E-state index is 12.7. The van der Waals surface area contributed by atoms with Gasteiger partial charge in [-0.1, -0.05) is 23.5 Å². The Morgan fingerprint density at radius 3 is 2.58 bits per heavy atom. The van der Waals surface area contributed by atoms with Crippen molar-refractivity contribution >= 4 is 48.4 Å². The van der Waals surface area contributed by atoms with Crippen LogP contribution in [-0.2, 0) is 19.4 Å². The minimum atomic E-state index is -3.33. The highest BCUT2D eigenvalue weighted by Crippen LogP contribution is 2.48. The topological polar surface area (TPSA) is 116 Å². The van der Waals surface area contributed by atoms with Crippen LogP contribution in [0.15, 0.2) is 35.2 Å². The van der Waals surface area contributed by atoms with Gasteiger partial charge in [0.15, 0.2) is 15.0 Å². The number of allylic oxidation sites excluding steroid dienone is 2. The van der Waals surface area contributed by atoms with Crippen LogP contribution in [0.2, 0.25) is 0 Å². The highest BCUT2D eigenvalue weighted by atomic mass is 32.2. The van der Waals surface area contributed by atoms with Crippen LogP contribution >= 0.6 is 11.3 Å². The number of thiazole rings is 1. The normalized spacial score (nSPS) is 27.1. The Bertz CT molecular complexity index is 1060. The number of amides is 1. The molecule has 1 aromatic carbocycles. The molecule has 1 aromatic heterocycles. The van der Waals surface area contributed by atoms with E-state index >= 15 is 0 Å². The van der Waals surface area contributed by atoms with Gasteiger partial charge in [0, 0.05) is 18.1 Å². The van der Waals surface area contributed by atoms with Gasteiger partial charge in [0.2, 0.25) is 5.91 Å². The molecule has 0 unspecified atom stereocenters. The molecule has 26 heavy (non-hydrogen) atoms. The lowest BCUT2D eigenvalue weighted by molar-refractivity contribution is -0.313. The Hall–Kier alpha value is -2.26. The third-order valence-electron chi connectivity index (χ3n) is 5.05. The summed E-state index contributed by atoms with van der Waals surface area (Å²) in [6.07, 6.45) is 5.51. The average Bonchev–Trinajstić information content (AvgIpc) is 3.25. The first-order chi connectivity index (χ1) is 12.2. The summed E-state index contributed by atoms with van der Waals surface area (Å²) >= 11 is 1.16. The van der Waals surface area contributed by atoms with Gasteiger partial charge in [0.1, 0.15) is 0 Å². The maximum Gasteiger partial charge on any atom is 0.230 e. The van der Waals surface area contributed by atoms with E-state index in [-0.39, 0.29) is 16.7 Å². The second-order valence-electron chi connectivity index (χ2n) is 6.73. The molecule has 0 saturated heterocycles. The largest absolute Gasteiger partial charge is 0.550 e. The second-order valence-corrected chi connectivity index (χ2v) is 9.78. The predicted octanol–water partition coefficient (Wildman–Crippen LogP) is 0.826. The molecular weight excluding hydrogens is 376 g/mol. The number of carbonyl (C=O) groups is 2. The number of carboxylic acids is 1. The molecule has 7 nitrogen and oxygen atoms in total. The van der Waals surface area contributed by atoms with Crippen LogP contribution < -0.4 is 10.4 Å². The SMILES string of the molecule is CS(=O)(=O)c1ccc2nc(NC(=O)[C@H]3[C@@H](C(=O)[O-])[C@H]4C=C[C@H]3C4)sc2c1. The van der Waals surface area contributed by atoms with E-state index < -0.39 is 33.5 Å². The fraction of sp³-hybridized carbons (Fsp3) is 0.353. The minimum Gasteiger partial charge on any atom is -0.550 e. The smallest absolute Gasteiger partial charge is 0.230 e. The van der Waals surface area contributed by atoms with E-state index in [2.05, 4.69) is 10.3 Å². The van der Waals surface area contributed by atoms with Gasteiger partial charge >= 0.3 is 0 Å². The first kappa shape index (κ1) is 17.2. The highest BCUT2D eigenvalue weighted by Gasteiger charge is 2.48. The number of nitrogens with one attached hydrogen (secondary N) is 1. The molecule has 9 heteroatoms. The van der Waals surface area contributed by atoms with E-state index in [0.717, 1.165) is 17.6 Å². The van der Waals surface area contributed by atoms with Crippen molar-refractivity contribution in [2.24, 2.45) is 23.7 Å². The number of anilines is 1. The van der Waals surface area contributed by atoms with Gasteiger partial charge in [-0.25, -0.2) is 13.4 Å². The Kier molecular flexibility index (Phi) is 3.89. The van der Waals surface area contributed by atoms with Gasteiger partial charge in [-0.15, -0.1) is 0 Å². The second kappa shape index (κ2) is 5.88. The summed E-state index contributed by atoms with van der Waals surface area (Å²) in [6, 6.07) is 4.57. The zero-order valence-corrected chi connectivity index (χ0v) is 15.3. The first-order valence-electron chi connectivity index (χ1n) is 8.05. The number of rotatable bonds is 4. The van der Waals surface area contributed by atoms with Crippen LogP contribution in [0.1, 0.15) is 6.42 Å². The molecule has 2 aromatic rings. The maximum absolute atomic E-state index is 12.7. The molecule has 2 bridgehead atoms. The third-order valence-corrected chi connectivity index (χ3v) is 7.10. The highest BCUT2D eigenvalue weighted by molar-refractivity contribution is 7.90. The number of carbonyl (C=O) groups excluding carboxylic acids is 2. The summed E-state index contributed by atoms with van der Waals surface area (Å²) in [5.41, 5.74) is 0.571. The number of carboxylic acid groups (broad SMARTS) is 1. The molecule has 2 aliphatic carbocycles. The van der Waals surface area contributed by atoms with Crippen LogP contribution in [-0.4, -0.2) is 31.5 Å². The average molecular weight is 391 g/mol. The zero-order valence-electron chi connectivity index (χ0n) is 13.7. The van der Waals surface area contributed by atoms with E-state index in [9.17, 15) is 23.1 Å². The Morgan fingerprint density at radius 2 is 1.92 bits per heavy atom. The van der Waals surface area contributed by atoms with Crippen molar-refractivity contribution in [3.63, 3.8) is 0 Å². The Morgan fingerprint density at radius 1 is 1.23 bits per heavy atom. The number of fused-ring (bicyclic) bond motifs is 3. The number of aromatic nitrogens is 1. The molecule has 1 saturated carbocycles. The van der Waals surface area contributed by atoms with Crippen molar-refractivity contribution in [2.45, 2.75) is 11.3 Å². The third kappa shape index (κ3) is 2.80. The molecule has 4 rings (SSSR count). The lowest BCUT2D eigenvalue weighted by Crippen LogP contribution is -2.42. The summed E-state index contributed by atoms with van der Waals surface area (Å²) < 4.78 is 23.9. The van der Waals surface area contributed by atoms with Gasteiger partial charge < -0.3 is 15.2 Å². The van der Waals surface area contributed by atoms with E-state index in [1.54, 1.807) is 6.07 Å². The molecule has 1 heterocycles. The molecule has 0 spiro atoms. The molecule has 0 radical (unpaired) electrons. The van der Waals surface area contributed by atoms with Gasteiger partial charge in [0.25, 0.3) is 0 Å². The summed E-state index contributed by atoms with van der Waals surface area (Å²) in [4.78, 5) is 28.6. The fourth-order valence-electron chi connectivity index (χ4n) is 3.88. The quantitative estimate of drug-likeness (QED) is 0.772.